The predicted octanol–water partition coefficient (Wildman–Crippen LogP) is 10.9. The molecule has 0 amide bonds. The van der Waals surface area contributed by atoms with Gasteiger partial charge in [0.05, 0.1) is 13.2 Å². The molecule has 0 rings (SSSR count). The molecule has 312 valence electrons. The number of phosphoric acid groups is 1. The topological polar surface area (TPSA) is 172 Å². The van der Waals surface area contributed by atoms with E-state index in [9.17, 15) is 23.8 Å². The second-order valence-electron chi connectivity index (χ2n) is 14.5. The van der Waals surface area contributed by atoms with Crippen LogP contribution in [0.3, 0.4) is 0 Å². The number of unbranched alkanes of at least 4 members (excludes halogenated alkanes) is 24. The highest BCUT2D eigenvalue weighted by Gasteiger charge is 2.28. The zero-order valence-electron chi connectivity index (χ0n) is 33.6. The molecule has 1 unspecified atom stereocenters. The molecule has 3 atom stereocenters. The Hall–Kier alpha value is -1.78. The number of carboxylic acid groups (broad SMARTS) is 1. The number of aliphatic carboxylic acids is 1. The number of hydrogen-bond donors (Lipinski definition) is 3. The summed E-state index contributed by atoms with van der Waals surface area (Å²) >= 11 is 0. The lowest BCUT2D eigenvalue weighted by Crippen LogP contribution is -2.34. The molecule has 11 nitrogen and oxygen atoms in total. The number of phosphoric ester groups is 1. The average molecular weight is 776 g/mol. The van der Waals surface area contributed by atoms with Crippen molar-refractivity contribution in [1.29, 1.82) is 0 Å². The van der Waals surface area contributed by atoms with Crippen molar-refractivity contribution in [2.75, 3.05) is 19.8 Å². The minimum Gasteiger partial charge on any atom is -0.480 e. The number of ether oxygens (including phenoxy) is 2. The summed E-state index contributed by atoms with van der Waals surface area (Å²) in [6.07, 6.45) is 35.6. The van der Waals surface area contributed by atoms with E-state index in [1.807, 2.05) is 0 Å². The SMILES string of the molecule is CCCCCC/C=C/CCCCCCCC(=O)O[C@H](COC(=O)CCCCCCCCCCCCCCCCCC)COP(=O)(O)OC[C@H](N)C(=O)O. The predicted molar refractivity (Wildman–Crippen MR) is 213 cm³/mol. The molecule has 0 spiro atoms. The van der Waals surface area contributed by atoms with E-state index in [4.69, 9.17) is 24.8 Å². The van der Waals surface area contributed by atoms with Crippen LogP contribution in [0.15, 0.2) is 12.2 Å². The lowest BCUT2D eigenvalue weighted by Gasteiger charge is -2.20. The summed E-state index contributed by atoms with van der Waals surface area (Å²) in [5, 5.41) is 8.87. The molecule has 0 aromatic rings. The summed E-state index contributed by atoms with van der Waals surface area (Å²) in [6.45, 7) is 2.79. The van der Waals surface area contributed by atoms with Crippen molar-refractivity contribution in [2.45, 2.75) is 212 Å². The molecule has 0 fully saturated rings. The molecule has 0 saturated heterocycles. The maximum atomic E-state index is 12.6. The van der Waals surface area contributed by atoms with E-state index in [1.165, 1.54) is 103 Å². The van der Waals surface area contributed by atoms with Crippen LogP contribution in [0.25, 0.3) is 0 Å². The molecule has 0 aliphatic heterocycles. The van der Waals surface area contributed by atoms with E-state index < -0.39 is 51.1 Å². The number of carbonyl (C=O) groups excluding carboxylic acids is 2. The maximum Gasteiger partial charge on any atom is 0.472 e. The standard InChI is InChI=1S/C41H78NO10P/c1-3-5-7-9-11-13-15-17-18-19-21-22-24-26-28-30-32-39(43)49-34-37(35-50-53(47,48)51-36-38(42)41(45)46)52-40(44)33-31-29-27-25-23-20-16-14-12-10-8-6-4-2/h14,16,37-38H,3-13,15,17-36,42H2,1-2H3,(H,45,46)(H,47,48)/b16-14+/t37-,38+/m1/s1. The number of hydrogen-bond acceptors (Lipinski definition) is 9. The number of carboxylic acids is 1. The van der Waals surface area contributed by atoms with Crippen molar-refractivity contribution in [3.8, 4) is 0 Å². The first-order valence-corrected chi connectivity index (χ1v) is 22.7. The van der Waals surface area contributed by atoms with Crippen molar-refractivity contribution < 1.29 is 47.5 Å². The van der Waals surface area contributed by atoms with Gasteiger partial charge in [-0.2, -0.15) is 0 Å². The second kappa shape index (κ2) is 37.2. The molecule has 0 aromatic carbocycles. The van der Waals surface area contributed by atoms with Crippen LogP contribution >= 0.6 is 7.82 Å². The van der Waals surface area contributed by atoms with Gasteiger partial charge in [0.1, 0.15) is 12.6 Å². The van der Waals surface area contributed by atoms with Crippen LogP contribution < -0.4 is 5.73 Å². The first-order valence-electron chi connectivity index (χ1n) is 21.2. The summed E-state index contributed by atoms with van der Waals surface area (Å²) in [6, 6.07) is -1.52. The Labute approximate surface area is 322 Å². The van der Waals surface area contributed by atoms with Crippen molar-refractivity contribution in [1.82, 2.24) is 0 Å². The molecule has 0 saturated carbocycles. The molecule has 4 N–H and O–H groups in total. The molecule has 0 aromatic heterocycles. The highest BCUT2D eigenvalue weighted by molar-refractivity contribution is 7.47. The summed E-state index contributed by atoms with van der Waals surface area (Å²) in [5.41, 5.74) is 5.33. The zero-order valence-corrected chi connectivity index (χ0v) is 34.5. The fourth-order valence-corrected chi connectivity index (χ4v) is 6.66. The molecule has 0 radical (unpaired) electrons. The number of rotatable bonds is 40. The quantitative estimate of drug-likeness (QED) is 0.0234. The first kappa shape index (κ1) is 51.2. The average Bonchev–Trinajstić information content (AvgIpc) is 3.13. The molecule has 53 heavy (non-hydrogen) atoms. The summed E-state index contributed by atoms with van der Waals surface area (Å²) in [4.78, 5) is 45.9. The Morgan fingerprint density at radius 2 is 0.943 bits per heavy atom. The normalized spacial score (nSPS) is 13.9. The van der Waals surface area contributed by atoms with Crippen molar-refractivity contribution >= 4 is 25.7 Å². The monoisotopic (exact) mass is 776 g/mol. The Kier molecular flexibility index (Phi) is 35.9. The minimum atomic E-state index is -4.71. The van der Waals surface area contributed by atoms with E-state index in [-0.39, 0.29) is 19.4 Å². The molecule has 0 aliphatic carbocycles. The molecule has 12 heteroatoms. The van der Waals surface area contributed by atoms with Crippen LogP contribution in [0.1, 0.15) is 200 Å². The summed E-state index contributed by atoms with van der Waals surface area (Å²) in [7, 11) is -4.71. The Bertz CT molecular complexity index is 963. The van der Waals surface area contributed by atoms with E-state index in [0.29, 0.717) is 12.8 Å². The van der Waals surface area contributed by atoms with Gasteiger partial charge in [-0.3, -0.25) is 23.4 Å². The van der Waals surface area contributed by atoms with Crippen LogP contribution in [0.5, 0.6) is 0 Å². The smallest absolute Gasteiger partial charge is 0.472 e. The number of nitrogens with two attached hydrogens (primary N) is 1. The molecule has 0 aliphatic rings. The lowest BCUT2D eigenvalue weighted by molar-refractivity contribution is -0.161. The zero-order chi connectivity index (χ0) is 39.3. The Balaban J connectivity index is 4.35. The van der Waals surface area contributed by atoms with Crippen LogP contribution in [0, 0.1) is 0 Å². The van der Waals surface area contributed by atoms with Gasteiger partial charge in [-0.1, -0.05) is 161 Å². The van der Waals surface area contributed by atoms with Crippen molar-refractivity contribution in [2.24, 2.45) is 5.73 Å². The van der Waals surface area contributed by atoms with E-state index >= 15 is 0 Å². The van der Waals surface area contributed by atoms with Crippen molar-refractivity contribution in [3.63, 3.8) is 0 Å². The number of carbonyl (C=O) groups is 3. The van der Waals surface area contributed by atoms with Gasteiger partial charge in [0, 0.05) is 12.8 Å². The highest BCUT2D eigenvalue weighted by atomic mass is 31.2. The Morgan fingerprint density at radius 3 is 1.40 bits per heavy atom. The largest absolute Gasteiger partial charge is 0.480 e. The van der Waals surface area contributed by atoms with Gasteiger partial charge in [0.25, 0.3) is 0 Å². The van der Waals surface area contributed by atoms with Gasteiger partial charge in [0.2, 0.25) is 0 Å². The fourth-order valence-electron chi connectivity index (χ4n) is 5.88. The van der Waals surface area contributed by atoms with Gasteiger partial charge in [-0.25, -0.2) is 4.57 Å². The van der Waals surface area contributed by atoms with Crippen LogP contribution in [0.2, 0.25) is 0 Å². The van der Waals surface area contributed by atoms with Gasteiger partial charge < -0.3 is 25.2 Å². The highest BCUT2D eigenvalue weighted by Crippen LogP contribution is 2.43. The van der Waals surface area contributed by atoms with Gasteiger partial charge in [-0.05, 0) is 38.5 Å². The molecule has 0 bridgehead atoms. The van der Waals surface area contributed by atoms with E-state index in [0.717, 1.165) is 57.8 Å². The third kappa shape index (κ3) is 36.9. The van der Waals surface area contributed by atoms with Gasteiger partial charge >= 0.3 is 25.7 Å². The van der Waals surface area contributed by atoms with Crippen LogP contribution in [-0.2, 0) is 37.5 Å². The maximum absolute atomic E-state index is 12.6. The van der Waals surface area contributed by atoms with E-state index in [1.54, 1.807) is 0 Å². The minimum absolute atomic E-state index is 0.155. The fraction of sp³-hybridized carbons (Fsp3) is 0.878. The first-order chi connectivity index (χ1) is 25.6. The third-order valence-corrected chi connectivity index (χ3v) is 10.2. The van der Waals surface area contributed by atoms with Crippen molar-refractivity contribution in [3.05, 3.63) is 12.2 Å². The molecule has 0 heterocycles. The number of esters is 2. The molecular formula is C41H78NO10P. The van der Waals surface area contributed by atoms with Crippen LogP contribution in [-0.4, -0.2) is 59.9 Å². The van der Waals surface area contributed by atoms with Gasteiger partial charge in [-0.15, -0.1) is 0 Å². The molecular weight excluding hydrogens is 697 g/mol. The Morgan fingerprint density at radius 1 is 0.566 bits per heavy atom. The van der Waals surface area contributed by atoms with Gasteiger partial charge in [0.15, 0.2) is 6.10 Å². The van der Waals surface area contributed by atoms with E-state index in [2.05, 4.69) is 30.5 Å². The third-order valence-electron chi connectivity index (χ3n) is 9.26. The van der Waals surface area contributed by atoms with Crippen LogP contribution in [0.4, 0.5) is 0 Å². The number of allylic oxidation sites excluding steroid dienone is 2. The second-order valence-corrected chi connectivity index (χ2v) is 15.9. The summed E-state index contributed by atoms with van der Waals surface area (Å²) in [5.74, 6) is -2.38. The summed E-state index contributed by atoms with van der Waals surface area (Å²) < 4.78 is 32.6. The lowest BCUT2D eigenvalue weighted by atomic mass is 10.0.